The first-order valence-corrected chi connectivity index (χ1v) is 9.05. The van der Waals surface area contributed by atoms with E-state index in [1.54, 1.807) is 7.11 Å². The quantitative estimate of drug-likeness (QED) is 0.671. The Morgan fingerprint density at radius 1 is 1.12 bits per heavy atom. The van der Waals surface area contributed by atoms with Crippen LogP contribution in [0.3, 0.4) is 0 Å². The second-order valence-electron chi connectivity index (χ2n) is 7.55. The number of hydrogen-bond donors (Lipinski definition) is 0. The standard InChI is InChI=1S/C21H31NO3/c1-13(2)20(14(3)4)25-21(23)16(6)18-11-22(12-24-7)19-15(5)9-8-10-17(18)19/h8-11,13-14,16,20H,12H2,1-7H3/t16-/m1/s1. The molecular formula is C21H31NO3. The Kier molecular flexibility index (Phi) is 6.28. The van der Waals surface area contributed by atoms with E-state index in [0.29, 0.717) is 18.6 Å². The zero-order chi connectivity index (χ0) is 18.7. The van der Waals surface area contributed by atoms with Crippen molar-refractivity contribution in [2.24, 2.45) is 11.8 Å². The first kappa shape index (κ1) is 19.5. The number of carbonyl (C=O) groups is 1. The van der Waals surface area contributed by atoms with Gasteiger partial charge in [-0.25, -0.2) is 0 Å². The number of fused-ring (bicyclic) bond motifs is 1. The first-order valence-electron chi connectivity index (χ1n) is 9.05. The van der Waals surface area contributed by atoms with Crippen LogP contribution in [-0.4, -0.2) is 23.8 Å². The largest absolute Gasteiger partial charge is 0.461 e. The van der Waals surface area contributed by atoms with Gasteiger partial charge in [0.25, 0.3) is 0 Å². The summed E-state index contributed by atoms with van der Waals surface area (Å²) in [5.41, 5.74) is 3.28. The molecule has 0 saturated heterocycles. The summed E-state index contributed by atoms with van der Waals surface area (Å²) < 4.78 is 13.2. The smallest absolute Gasteiger partial charge is 0.313 e. The third kappa shape index (κ3) is 4.06. The highest BCUT2D eigenvalue weighted by Crippen LogP contribution is 2.31. The monoisotopic (exact) mass is 345 g/mol. The van der Waals surface area contributed by atoms with E-state index >= 15 is 0 Å². The second kappa shape index (κ2) is 8.05. The van der Waals surface area contributed by atoms with E-state index in [1.165, 1.54) is 5.56 Å². The van der Waals surface area contributed by atoms with Crippen LogP contribution >= 0.6 is 0 Å². The summed E-state index contributed by atoms with van der Waals surface area (Å²) in [4.78, 5) is 12.8. The second-order valence-corrected chi connectivity index (χ2v) is 7.55. The molecule has 1 aromatic carbocycles. The number of benzene rings is 1. The van der Waals surface area contributed by atoms with Crippen LogP contribution in [0, 0.1) is 18.8 Å². The molecule has 0 spiro atoms. The molecule has 0 N–H and O–H groups in total. The Balaban J connectivity index is 2.37. The molecule has 4 nitrogen and oxygen atoms in total. The Hall–Kier alpha value is -1.81. The predicted molar refractivity (Wildman–Crippen MR) is 102 cm³/mol. The van der Waals surface area contributed by atoms with Gasteiger partial charge in [0.15, 0.2) is 0 Å². The highest BCUT2D eigenvalue weighted by Gasteiger charge is 2.27. The SMILES string of the molecule is COCn1cc([C@@H](C)C(=O)OC(C(C)C)C(C)C)c2cccc(C)c21. The van der Waals surface area contributed by atoms with Gasteiger partial charge in [0, 0.05) is 18.7 Å². The maximum absolute atomic E-state index is 12.8. The van der Waals surface area contributed by atoms with Gasteiger partial charge in [-0.3, -0.25) is 4.79 Å². The predicted octanol–water partition coefficient (Wildman–Crippen LogP) is 4.88. The lowest BCUT2D eigenvalue weighted by Gasteiger charge is -2.26. The van der Waals surface area contributed by atoms with Crippen LogP contribution in [0.2, 0.25) is 0 Å². The lowest BCUT2D eigenvalue weighted by atomic mass is 9.95. The van der Waals surface area contributed by atoms with Gasteiger partial charge in [0.05, 0.1) is 11.4 Å². The topological polar surface area (TPSA) is 40.5 Å². The molecule has 1 aromatic heterocycles. The molecule has 0 bridgehead atoms. The fraction of sp³-hybridized carbons (Fsp3) is 0.571. The van der Waals surface area contributed by atoms with E-state index in [1.807, 2.05) is 19.2 Å². The number of esters is 1. The molecule has 0 fully saturated rings. The van der Waals surface area contributed by atoms with Crippen molar-refractivity contribution < 1.29 is 14.3 Å². The summed E-state index contributed by atoms with van der Waals surface area (Å²) in [5.74, 6) is 0.120. The first-order chi connectivity index (χ1) is 11.8. The molecule has 0 saturated carbocycles. The minimum atomic E-state index is -0.317. The van der Waals surface area contributed by atoms with Crippen molar-refractivity contribution in [3.63, 3.8) is 0 Å². The molecule has 4 heteroatoms. The number of para-hydroxylation sites is 1. The van der Waals surface area contributed by atoms with Crippen molar-refractivity contribution in [2.45, 2.75) is 60.3 Å². The van der Waals surface area contributed by atoms with Crippen molar-refractivity contribution in [2.75, 3.05) is 7.11 Å². The fourth-order valence-corrected chi connectivity index (χ4v) is 3.57. The molecule has 0 aliphatic rings. The number of ether oxygens (including phenoxy) is 2. The zero-order valence-corrected chi connectivity index (χ0v) is 16.5. The summed E-state index contributed by atoms with van der Waals surface area (Å²) >= 11 is 0. The normalized spacial score (nSPS) is 13.2. The van der Waals surface area contributed by atoms with Crippen LogP contribution in [0.15, 0.2) is 24.4 Å². The van der Waals surface area contributed by atoms with Gasteiger partial charge in [-0.2, -0.15) is 0 Å². The van der Waals surface area contributed by atoms with Crippen LogP contribution in [0.25, 0.3) is 10.9 Å². The summed E-state index contributed by atoms with van der Waals surface area (Å²) in [6, 6.07) is 6.17. The number of nitrogens with zero attached hydrogens (tertiary/aromatic N) is 1. The van der Waals surface area contributed by atoms with Crippen LogP contribution in [0.1, 0.15) is 51.7 Å². The van der Waals surface area contributed by atoms with Crippen molar-refractivity contribution in [1.29, 1.82) is 0 Å². The highest BCUT2D eigenvalue weighted by atomic mass is 16.5. The molecular weight excluding hydrogens is 314 g/mol. The van der Waals surface area contributed by atoms with Gasteiger partial charge >= 0.3 is 5.97 Å². The molecule has 1 heterocycles. The van der Waals surface area contributed by atoms with Crippen molar-refractivity contribution in [3.8, 4) is 0 Å². The maximum atomic E-state index is 12.8. The van der Waals surface area contributed by atoms with Gasteiger partial charge in [0.1, 0.15) is 12.8 Å². The number of methoxy groups -OCH3 is 1. The molecule has 0 unspecified atom stereocenters. The summed E-state index contributed by atoms with van der Waals surface area (Å²) in [6.45, 7) is 12.8. The molecule has 0 amide bonds. The molecule has 25 heavy (non-hydrogen) atoms. The third-order valence-corrected chi connectivity index (χ3v) is 4.79. The summed E-state index contributed by atoms with van der Waals surface area (Å²) in [7, 11) is 1.68. The fourth-order valence-electron chi connectivity index (χ4n) is 3.57. The van der Waals surface area contributed by atoms with Crippen LogP contribution in [-0.2, 0) is 21.0 Å². The minimum absolute atomic E-state index is 0.0657. The Morgan fingerprint density at radius 3 is 2.32 bits per heavy atom. The van der Waals surface area contributed by atoms with Crippen LogP contribution in [0.4, 0.5) is 0 Å². The van der Waals surface area contributed by atoms with Crippen molar-refractivity contribution in [3.05, 3.63) is 35.5 Å². The lowest BCUT2D eigenvalue weighted by Crippen LogP contribution is -2.30. The summed E-state index contributed by atoms with van der Waals surface area (Å²) in [6.07, 6.45) is 1.95. The van der Waals surface area contributed by atoms with E-state index in [0.717, 1.165) is 16.5 Å². The number of aromatic nitrogens is 1. The molecule has 0 radical (unpaired) electrons. The van der Waals surface area contributed by atoms with E-state index in [9.17, 15) is 4.79 Å². The third-order valence-electron chi connectivity index (χ3n) is 4.79. The number of hydrogen-bond acceptors (Lipinski definition) is 3. The van der Waals surface area contributed by atoms with Gasteiger partial charge in [-0.05, 0) is 36.8 Å². The Bertz CT molecular complexity index is 722. The molecule has 2 aromatic rings. The number of aryl methyl sites for hydroxylation is 1. The number of carbonyl (C=O) groups excluding carboxylic acids is 1. The molecule has 138 valence electrons. The van der Waals surface area contributed by atoms with Gasteiger partial charge in [0.2, 0.25) is 0 Å². The zero-order valence-electron chi connectivity index (χ0n) is 16.5. The molecule has 0 aliphatic heterocycles. The Morgan fingerprint density at radius 2 is 1.76 bits per heavy atom. The van der Waals surface area contributed by atoms with Gasteiger partial charge < -0.3 is 14.0 Å². The highest BCUT2D eigenvalue weighted by molar-refractivity contribution is 5.91. The van der Waals surface area contributed by atoms with Gasteiger partial charge in [-0.15, -0.1) is 0 Å². The summed E-state index contributed by atoms with van der Waals surface area (Å²) in [5, 5.41) is 1.09. The van der Waals surface area contributed by atoms with E-state index in [-0.39, 0.29) is 18.0 Å². The van der Waals surface area contributed by atoms with Crippen LogP contribution < -0.4 is 0 Å². The molecule has 2 rings (SSSR count). The molecule has 0 aliphatic carbocycles. The van der Waals surface area contributed by atoms with E-state index in [4.69, 9.17) is 9.47 Å². The maximum Gasteiger partial charge on any atom is 0.313 e. The average Bonchev–Trinajstić information content (AvgIpc) is 2.91. The number of rotatable bonds is 7. The van der Waals surface area contributed by atoms with E-state index < -0.39 is 0 Å². The van der Waals surface area contributed by atoms with Crippen LogP contribution in [0.5, 0.6) is 0 Å². The van der Waals surface area contributed by atoms with E-state index in [2.05, 4.69) is 51.3 Å². The molecule has 1 atom stereocenters. The minimum Gasteiger partial charge on any atom is -0.461 e. The van der Waals surface area contributed by atoms with Gasteiger partial charge in [-0.1, -0.05) is 45.9 Å². The lowest BCUT2D eigenvalue weighted by molar-refractivity contribution is -0.155. The average molecular weight is 345 g/mol. The Labute approximate surface area is 151 Å². The van der Waals surface area contributed by atoms with Crippen molar-refractivity contribution in [1.82, 2.24) is 4.57 Å². The van der Waals surface area contributed by atoms with Crippen molar-refractivity contribution >= 4 is 16.9 Å².